The van der Waals surface area contributed by atoms with E-state index in [4.69, 9.17) is 4.74 Å². The zero-order valence-electron chi connectivity index (χ0n) is 10.4. The van der Waals surface area contributed by atoms with Crippen molar-refractivity contribution in [2.24, 2.45) is 0 Å². The molecule has 0 aliphatic heterocycles. The van der Waals surface area contributed by atoms with Crippen molar-refractivity contribution < 1.29 is 9.13 Å². The minimum Gasteiger partial charge on any atom is -0.383 e. The van der Waals surface area contributed by atoms with Gasteiger partial charge in [-0.3, -0.25) is 0 Å². The Morgan fingerprint density at radius 1 is 1.47 bits per heavy atom. The van der Waals surface area contributed by atoms with Crippen LogP contribution in [0.15, 0.2) is 29.2 Å². The zero-order chi connectivity index (χ0) is 13.5. The van der Waals surface area contributed by atoms with Gasteiger partial charge in [-0.1, -0.05) is 6.07 Å². The number of aromatic nitrogens is 2. The van der Waals surface area contributed by atoms with Gasteiger partial charge in [0, 0.05) is 30.1 Å². The normalized spacial score (nSPS) is 10.6. The summed E-state index contributed by atoms with van der Waals surface area (Å²) >= 11 is 2.84. The number of nitrogens with one attached hydrogen (secondary N) is 1. The Kier molecular flexibility index (Phi) is 5.56. The number of ether oxygens (including phenoxy) is 1. The average Bonchev–Trinajstić information content (AvgIpc) is 2.85. The SMILES string of the molecule is COCCNc1nc(CSc2cccc(F)c2)ns1. The monoisotopic (exact) mass is 299 g/mol. The number of halogens is 1. The zero-order valence-corrected chi connectivity index (χ0v) is 12.1. The fraction of sp³-hybridized carbons (Fsp3) is 0.333. The first-order chi connectivity index (χ1) is 9.28. The van der Waals surface area contributed by atoms with Crippen LogP contribution in [0.4, 0.5) is 9.52 Å². The van der Waals surface area contributed by atoms with E-state index in [-0.39, 0.29) is 5.82 Å². The van der Waals surface area contributed by atoms with E-state index in [1.807, 2.05) is 6.07 Å². The number of benzene rings is 1. The van der Waals surface area contributed by atoms with E-state index in [0.29, 0.717) is 18.9 Å². The highest BCUT2D eigenvalue weighted by Crippen LogP contribution is 2.23. The highest BCUT2D eigenvalue weighted by atomic mass is 32.2. The van der Waals surface area contributed by atoms with Crippen molar-refractivity contribution in [2.75, 3.05) is 25.6 Å². The van der Waals surface area contributed by atoms with Gasteiger partial charge in [0.1, 0.15) is 5.82 Å². The molecule has 0 saturated heterocycles. The summed E-state index contributed by atoms with van der Waals surface area (Å²) in [6, 6.07) is 6.51. The molecule has 4 nitrogen and oxygen atoms in total. The van der Waals surface area contributed by atoms with Crippen molar-refractivity contribution in [1.29, 1.82) is 0 Å². The second-order valence-corrected chi connectivity index (χ2v) is 5.48. The van der Waals surface area contributed by atoms with Crippen molar-refractivity contribution in [1.82, 2.24) is 9.36 Å². The molecule has 0 radical (unpaired) electrons. The maximum absolute atomic E-state index is 13.0. The van der Waals surface area contributed by atoms with Crippen molar-refractivity contribution in [3.05, 3.63) is 35.9 Å². The van der Waals surface area contributed by atoms with E-state index < -0.39 is 0 Å². The van der Waals surface area contributed by atoms with Gasteiger partial charge in [-0.05, 0) is 18.2 Å². The molecule has 0 saturated carbocycles. The van der Waals surface area contributed by atoms with Crippen molar-refractivity contribution in [3.8, 4) is 0 Å². The molecular weight excluding hydrogens is 285 g/mol. The number of hydrogen-bond donors (Lipinski definition) is 1. The number of methoxy groups -OCH3 is 1. The first-order valence-electron chi connectivity index (χ1n) is 5.71. The minimum absolute atomic E-state index is 0.224. The summed E-state index contributed by atoms with van der Waals surface area (Å²) in [7, 11) is 1.66. The molecule has 0 fully saturated rings. The van der Waals surface area contributed by atoms with Gasteiger partial charge in [0.05, 0.1) is 12.4 Å². The highest BCUT2D eigenvalue weighted by Gasteiger charge is 2.04. The predicted octanol–water partition coefficient (Wildman–Crippen LogP) is 3.03. The van der Waals surface area contributed by atoms with Crippen LogP contribution >= 0.6 is 23.3 Å². The first-order valence-corrected chi connectivity index (χ1v) is 7.47. The van der Waals surface area contributed by atoms with Crippen LogP contribution in [0.2, 0.25) is 0 Å². The Labute approximate surface area is 119 Å². The van der Waals surface area contributed by atoms with Crippen LogP contribution in [-0.4, -0.2) is 29.6 Å². The second-order valence-electron chi connectivity index (χ2n) is 3.68. The van der Waals surface area contributed by atoms with Crippen LogP contribution < -0.4 is 5.32 Å². The molecule has 0 aliphatic carbocycles. The van der Waals surface area contributed by atoms with Gasteiger partial charge in [-0.15, -0.1) is 11.8 Å². The average molecular weight is 299 g/mol. The molecule has 1 N–H and O–H groups in total. The van der Waals surface area contributed by atoms with E-state index in [0.717, 1.165) is 15.9 Å². The smallest absolute Gasteiger partial charge is 0.202 e. The van der Waals surface area contributed by atoms with Gasteiger partial charge in [-0.25, -0.2) is 9.37 Å². The summed E-state index contributed by atoms with van der Waals surface area (Å²) in [5.41, 5.74) is 0. The summed E-state index contributed by atoms with van der Waals surface area (Å²) < 4.78 is 22.2. The van der Waals surface area contributed by atoms with E-state index in [2.05, 4.69) is 14.7 Å². The van der Waals surface area contributed by atoms with Gasteiger partial charge in [-0.2, -0.15) is 4.37 Å². The van der Waals surface area contributed by atoms with Crippen molar-refractivity contribution in [2.45, 2.75) is 10.6 Å². The Hall–Kier alpha value is -1.18. The summed E-state index contributed by atoms with van der Waals surface area (Å²) in [5.74, 6) is 1.16. The third kappa shape index (κ3) is 4.77. The quantitative estimate of drug-likeness (QED) is 0.629. The Bertz CT molecular complexity index is 521. The van der Waals surface area contributed by atoms with Crippen molar-refractivity contribution in [3.63, 3.8) is 0 Å². The molecule has 0 unspecified atom stereocenters. The molecule has 2 aromatic rings. The summed E-state index contributed by atoms with van der Waals surface area (Å²) in [6.07, 6.45) is 0. The summed E-state index contributed by atoms with van der Waals surface area (Å²) in [6.45, 7) is 1.34. The number of anilines is 1. The van der Waals surface area contributed by atoms with E-state index in [9.17, 15) is 4.39 Å². The molecular formula is C12H14FN3OS2. The first kappa shape index (κ1) is 14.2. The number of nitrogens with zero attached hydrogens (tertiary/aromatic N) is 2. The molecule has 19 heavy (non-hydrogen) atoms. The second kappa shape index (κ2) is 7.42. The largest absolute Gasteiger partial charge is 0.383 e. The van der Waals surface area contributed by atoms with Gasteiger partial charge < -0.3 is 10.1 Å². The number of hydrogen-bond acceptors (Lipinski definition) is 6. The van der Waals surface area contributed by atoms with E-state index in [1.54, 1.807) is 13.2 Å². The molecule has 0 bridgehead atoms. The minimum atomic E-state index is -0.224. The summed E-state index contributed by atoms with van der Waals surface area (Å²) in [5, 5.41) is 3.91. The summed E-state index contributed by atoms with van der Waals surface area (Å²) in [4.78, 5) is 5.22. The lowest BCUT2D eigenvalue weighted by Gasteiger charge is -1.99. The maximum Gasteiger partial charge on any atom is 0.202 e. The van der Waals surface area contributed by atoms with Gasteiger partial charge in [0.15, 0.2) is 5.82 Å². The van der Waals surface area contributed by atoms with Crippen LogP contribution in [0.5, 0.6) is 0 Å². The maximum atomic E-state index is 13.0. The van der Waals surface area contributed by atoms with Crippen LogP contribution in [-0.2, 0) is 10.5 Å². The molecule has 7 heteroatoms. The molecule has 0 amide bonds. The van der Waals surface area contributed by atoms with Crippen LogP contribution in [0.3, 0.4) is 0 Å². The molecule has 2 rings (SSSR count). The lowest BCUT2D eigenvalue weighted by atomic mass is 10.4. The lowest BCUT2D eigenvalue weighted by molar-refractivity contribution is 0.211. The Balaban J connectivity index is 1.83. The van der Waals surface area contributed by atoms with Gasteiger partial charge in [0.2, 0.25) is 5.13 Å². The highest BCUT2D eigenvalue weighted by molar-refractivity contribution is 7.98. The molecule has 0 spiro atoms. The Morgan fingerprint density at radius 3 is 3.16 bits per heavy atom. The third-order valence-corrected chi connectivity index (χ3v) is 3.91. The topological polar surface area (TPSA) is 47.0 Å². The lowest BCUT2D eigenvalue weighted by Crippen LogP contribution is -2.07. The van der Waals surface area contributed by atoms with Gasteiger partial charge >= 0.3 is 0 Å². The fourth-order valence-corrected chi connectivity index (χ4v) is 2.84. The van der Waals surface area contributed by atoms with Crippen LogP contribution in [0.1, 0.15) is 5.82 Å². The van der Waals surface area contributed by atoms with Crippen LogP contribution in [0.25, 0.3) is 0 Å². The molecule has 1 heterocycles. The van der Waals surface area contributed by atoms with Gasteiger partial charge in [0.25, 0.3) is 0 Å². The Morgan fingerprint density at radius 2 is 2.37 bits per heavy atom. The van der Waals surface area contributed by atoms with Crippen molar-refractivity contribution >= 4 is 28.4 Å². The van der Waals surface area contributed by atoms with E-state index >= 15 is 0 Å². The predicted molar refractivity (Wildman–Crippen MR) is 76.2 cm³/mol. The third-order valence-electron chi connectivity index (χ3n) is 2.21. The fourth-order valence-electron chi connectivity index (χ4n) is 1.35. The molecule has 1 aromatic heterocycles. The number of thioether (sulfide) groups is 1. The van der Waals surface area contributed by atoms with E-state index in [1.165, 1.54) is 35.4 Å². The molecule has 0 aliphatic rings. The molecule has 1 aromatic carbocycles. The molecule has 0 atom stereocenters. The number of rotatable bonds is 7. The molecule has 102 valence electrons. The van der Waals surface area contributed by atoms with Crippen LogP contribution in [0, 0.1) is 5.82 Å². The standard InChI is InChI=1S/C12H14FN3OS2/c1-17-6-5-14-12-15-11(16-19-12)8-18-10-4-2-3-9(13)7-10/h2-4,7H,5-6,8H2,1H3,(H,14,15,16).